The number of ether oxygens (including phenoxy) is 2. The maximum atomic E-state index is 12.2. The number of carbonyl (C=O) groups is 2. The maximum Gasteiger partial charge on any atom is 0.329 e. The summed E-state index contributed by atoms with van der Waals surface area (Å²) in [4.78, 5) is 45.0. The molecule has 0 radical (unpaired) electrons. The van der Waals surface area contributed by atoms with Crippen molar-refractivity contribution < 1.29 is 28.9 Å². The topological polar surface area (TPSA) is 175 Å². The smallest absolute Gasteiger partial charge is 0.329 e. The van der Waals surface area contributed by atoms with Gasteiger partial charge < -0.3 is 14.8 Å². The summed E-state index contributed by atoms with van der Waals surface area (Å²) in [5, 5.41) is 28.5. The van der Waals surface area contributed by atoms with Crippen molar-refractivity contribution in [3.05, 3.63) is 91.5 Å². The lowest BCUT2D eigenvalue weighted by Crippen LogP contribution is -2.32. The standard InChI is InChI=1S/C24H21N5O8/c1-14-4-5-15(2)18(10-14)26-23(30)24(31)27-25-13-16-6-8-21(22(11-16)36-3)37-20-9-7-17(28(32)33)12-19(20)29(34)35/h4-13H,1-3H3,(H,26,30)(H,27,31)/b25-13+. The molecule has 0 aliphatic carbocycles. The molecule has 0 saturated heterocycles. The van der Waals surface area contributed by atoms with Crippen LogP contribution in [0.3, 0.4) is 0 Å². The summed E-state index contributed by atoms with van der Waals surface area (Å²) in [5.74, 6) is -1.84. The number of nitro benzene ring substituents is 2. The summed E-state index contributed by atoms with van der Waals surface area (Å²) in [6.45, 7) is 3.66. The number of amides is 2. The van der Waals surface area contributed by atoms with Crippen LogP contribution in [-0.2, 0) is 9.59 Å². The predicted molar refractivity (Wildman–Crippen MR) is 133 cm³/mol. The van der Waals surface area contributed by atoms with Gasteiger partial charge in [-0.1, -0.05) is 12.1 Å². The summed E-state index contributed by atoms with van der Waals surface area (Å²) in [6.07, 6.45) is 1.25. The Morgan fingerprint density at radius 1 is 0.892 bits per heavy atom. The normalized spacial score (nSPS) is 10.6. The van der Waals surface area contributed by atoms with E-state index in [1.165, 1.54) is 31.5 Å². The molecular formula is C24H21N5O8. The van der Waals surface area contributed by atoms with E-state index in [1.807, 2.05) is 19.1 Å². The first kappa shape index (κ1) is 26.3. The highest BCUT2D eigenvalue weighted by Crippen LogP contribution is 2.38. The number of hydrazone groups is 1. The summed E-state index contributed by atoms with van der Waals surface area (Å²) >= 11 is 0. The second-order valence-corrected chi connectivity index (χ2v) is 7.65. The third-order valence-electron chi connectivity index (χ3n) is 4.98. The van der Waals surface area contributed by atoms with Crippen molar-refractivity contribution in [2.75, 3.05) is 12.4 Å². The minimum Gasteiger partial charge on any atom is -0.493 e. The molecule has 0 bridgehead atoms. The van der Waals surface area contributed by atoms with Gasteiger partial charge in [-0.05, 0) is 60.9 Å². The Hall–Kier alpha value is -5.33. The number of nitrogens with zero attached hydrogens (tertiary/aromatic N) is 3. The number of anilines is 1. The number of carbonyl (C=O) groups excluding carboxylic acids is 2. The van der Waals surface area contributed by atoms with Crippen LogP contribution in [0, 0.1) is 34.1 Å². The van der Waals surface area contributed by atoms with E-state index in [9.17, 15) is 29.8 Å². The van der Waals surface area contributed by atoms with Crippen LogP contribution >= 0.6 is 0 Å². The number of benzene rings is 3. The molecule has 0 unspecified atom stereocenters. The molecule has 0 fully saturated rings. The van der Waals surface area contributed by atoms with Crippen LogP contribution in [0.15, 0.2) is 59.7 Å². The number of nitrogens with one attached hydrogen (secondary N) is 2. The number of methoxy groups -OCH3 is 1. The lowest BCUT2D eigenvalue weighted by atomic mass is 10.1. The Bertz CT molecular complexity index is 1420. The minimum absolute atomic E-state index is 0.0912. The molecule has 3 rings (SSSR count). The number of nitro groups is 2. The quantitative estimate of drug-likeness (QED) is 0.199. The van der Waals surface area contributed by atoms with Gasteiger partial charge in [0, 0.05) is 11.8 Å². The third-order valence-corrected chi connectivity index (χ3v) is 4.98. The first-order chi connectivity index (χ1) is 17.6. The Morgan fingerprint density at radius 2 is 1.62 bits per heavy atom. The van der Waals surface area contributed by atoms with Crippen LogP contribution < -0.4 is 20.2 Å². The summed E-state index contributed by atoms with van der Waals surface area (Å²) in [6, 6.07) is 12.8. The Kier molecular flexibility index (Phi) is 8.09. The van der Waals surface area contributed by atoms with Gasteiger partial charge in [-0.3, -0.25) is 29.8 Å². The predicted octanol–water partition coefficient (Wildman–Crippen LogP) is 4.01. The SMILES string of the molecule is COc1cc(/C=N/NC(=O)C(=O)Nc2cc(C)ccc2C)ccc1Oc1ccc([N+](=O)[O-])cc1[N+](=O)[O-]. The van der Waals surface area contributed by atoms with Gasteiger partial charge in [0.05, 0.1) is 29.2 Å². The van der Waals surface area contributed by atoms with Gasteiger partial charge in [-0.15, -0.1) is 0 Å². The molecule has 0 spiro atoms. The molecule has 190 valence electrons. The maximum absolute atomic E-state index is 12.2. The molecule has 0 atom stereocenters. The summed E-state index contributed by atoms with van der Waals surface area (Å²) in [7, 11) is 1.34. The molecule has 2 amide bonds. The number of rotatable bonds is 8. The summed E-state index contributed by atoms with van der Waals surface area (Å²) in [5.41, 5.74) is 3.75. The Labute approximate surface area is 210 Å². The molecule has 13 heteroatoms. The fourth-order valence-electron chi connectivity index (χ4n) is 3.08. The van der Waals surface area contributed by atoms with E-state index in [-0.39, 0.29) is 17.2 Å². The second kappa shape index (κ2) is 11.4. The van der Waals surface area contributed by atoms with E-state index < -0.39 is 33.0 Å². The molecule has 0 aliphatic heterocycles. The molecule has 2 N–H and O–H groups in total. The molecule has 0 saturated carbocycles. The van der Waals surface area contributed by atoms with E-state index in [0.717, 1.165) is 29.3 Å². The van der Waals surface area contributed by atoms with Crippen LogP contribution in [0.5, 0.6) is 17.2 Å². The number of hydrogen-bond acceptors (Lipinski definition) is 9. The van der Waals surface area contributed by atoms with Crippen LogP contribution in [0.2, 0.25) is 0 Å². The fraction of sp³-hybridized carbons (Fsp3) is 0.125. The van der Waals surface area contributed by atoms with Crippen molar-refractivity contribution in [2.24, 2.45) is 5.10 Å². The van der Waals surface area contributed by atoms with Gasteiger partial charge in [0.15, 0.2) is 11.5 Å². The van der Waals surface area contributed by atoms with Crippen molar-refractivity contribution in [2.45, 2.75) is 13.8 Å². The molecule has 3 aromatic carbocycles. The van der Waals surface area contributed by atoms with Gasteiger partial charge >= 0.3 is 17.5 Å². The largest absolute Gasteiger partial charge is 0.493 e. The second-order valence-electron chi connectivity index (χ2n) is 7.65. The van der Waals surface area contributed by atoms with E-state index in [0.29, 0.717) is 11.3 Å². The van der Waals surface area contributed by atoms with Gasteiger partial charge in [0.25, 0.3) is 5.69 Å². The zero-order chi connectivity index (χ0) is 27.1. The zero-order valence-corrected chi connectivity index (χ0v) is 19.9. The van der Waals surface area contributed by atoms with Crippen LogP contribution in [-0.4, -0.2) is 35.0 Å². The van der Waals surface area contributed by atoms with Crippen molar-refractivity contribution in [3.63, 3.8) is 0 Å². The highest BCUT2D eigenvalue weighted by Gasteiger charge is 2.22. The van der Waals surface area contributed by atoms with E-state index in [2.05, 4.69) is 15.8 Å². The first-order valence-electron chi connectivity index (χ1n) is 10.6. The monoisotopic (exact) mass is 507 g/mol. The fourth-order valence-corrected chi connectivity index (χ4v) is 3.08. The van der Waals surface area contributed by atoms with Gasteiger partial charge in [0.1, 0.15) is 0 Å². The molecule has 0 heterocycles. The molecule has 0 aliphatic rings. The van der Waals surface area contributed by atoms with Gasteiger partial charge in [0.2, 0.25) is 5.75 Å². The molecule has 0 aromatic heterocycles. The molecule has 3 aromatic rings. The van der Waals surface area contributed by atoms with E-state index in [4.69, 9.17) is 9.47 Å². The van der Waals surface area contributed by atoms with E-state index in [1.54, 1.807) is 13.0 Å². The van der Waals surface area contributed by atoms with Crippen LogP contribution in [0.1, 0.15) is 16.7 Å². The van der Waals surface area contributed by atoms with Crippen molar-refractivity contribution in [3.8, 4) is 17.2 Å². The third kappa shape index (κ3) is 6.63. The average molecular weight is 507 g/mol. The average Bonchev–Trinajstić information content (AvgIpc) is 2.86. The van der Waals surface area contributed by atoms with Gasteiger partial charge in [-0.25, -0.2) is 5.43 Å². The summed E-state index contributed by atoms with van der Waals surface area (Å²) < 4.78 is 10.8. The number of non-ortho nitro benzene ring substituents is 1. The van der Waals surface area contributed by atoms with E-state index >= 15 is 0 Å². The number of aryl methyl sites for hydroxylation is 2. The molecular weight excluding hydrogens is 486 g/mol. The highest BCUT2D eigenvalue weighted by atomic mass is 16.6. The zero-order valence-electron chi connectivity index (χ0n) is 19.9. The Morgan fingerprint density at radius 3 is 2.30 bits per heavy atom. The van der Waals surface area contributed by atoms with Crippen LogP contribution in [0.4, 0.5) is 17.1 Å². The highest BCUT2D eigenvalue weighted by molar-refractivity contribution is 6.39. The first-order valence-corrected chi connectivity index (χ1v) is 10.6. The lowest BCUT2D eigenvalue weighted by Gasteiger charge is -2.11. The molecule has 13 nitrogen and oxygen atoms in total. The minimum atomic E-state index is -0.977. The Balaban J connectivity index is 1.70. The number of hydrogen-bond donors (Lipinski definition) is 2. The van der Waals surface area contributed by atoms with Crippen molar-refractivity contribution in [1.82, 2.24) is 5.43 Å². The van der Waals surface area contributed by atoms with Crippen molar-refractivity contribution >= 4 is 35.1 Å². The van der Waals surface area contributed by atoms with Gasteiger partial charge in [-0.2, -0.15) is 5.10 Å². The van der Waals surface area contributed by atoms with Crippen LogP contribution in [0.25, 0.3) is 0 Å². The van der Waals surface area contributed by atoms with Crippen molar-refractivity contribution in [1.29, 1.82) is 0 Å². The lowest BCUT2D eigenvalue weighted by molar-refractivity contribution is -0.394. The molecule has 37 heavy (non-hydrogen) atoms.